The highest BCUT2D eigenvalue weighted by Crippen LogP contribution is 2.27. The summed E-state index contributed by atoms with van der Waals surface area (Å²) in [6.07, 6.45) is 3.24. The van der Waals surface area contributed by atoms with Gasteiger partial charge in [-0.05, 0) is 49.7 Å². The molecule has 0 aromatic heterocycles. The van der Waals surface area contributed by atoms with E-state index in [9.17, 15) is 9.59 Å². The number of benzene rings is 2. The second-order valence-corrected chi connectivity index (χ2v) is 7.71. The second kappa shape index (κ2) is 9.92. The Morgan fingerprint density at radius 3 is 2.66 bits per heavy atom. The molecule has 7 heteroatoms. The molecule has 5 nitrogen and oxygen atoms in total. The predicted octanol–water partition coefficient (Wildman–Crippen LogP) is 4.62. The average molecular weight is 432 g/mol. The van der Waals surface area contributed by atoms with Crippen molar-refractivity contribution in [2.24, 2.45) is 0 Å². The second-order valence-electron chi connectivity index (χ2n) is 6.87. The molecule has 2 aromatic carbocycles. The zero-order chi connectivity index (χ0) is 20.8. The van der Waals surface area contributed by atoms with E-state index < -0.39 is 0 Å². The Bertz CT molecular complexity index is 889. The Labute approximate surface area is 180 Å². The molecule has 0 saturated carbocycles. The number of halogens is 2. The number of para-hydroxylation sites is 1. The zero-order valence-electron chi connectivity index (χ0n) is 16.0. The van der Waals surface area contributed by atoms with Crippen molar-refractivity contribution >= 4 is 46.4 Å². The van der Waals surface area contributed by atoms with Crippen LogP contribution in [-0.4, -0.2) is 42.4 Å². The van der Waals surface area contributed by atoms with Gasteiger partial charge in [0.15, 0.2) is 0 Å². The van der Waals surface area contributed by atoms with Crippen LogP contribution in [-0.2, 0) is 9.59 Å². The molecule has 1 aliphatic rings. The maximum atomic E-state index is 13.0. The van der Waals surface area contributed by atoms with Crippen LogP contribution in [0, 0.1) is 0 Å². The topological polar surface area (TPSA) is 52.7 Å². The number of hydrogen-bond donors (Lipinski definition) is 1. The highest BCUT2D eigenvalue weighted by molar-refractivity contribution is 6.36. The molecule has 0 unspecified atom stereocenters. The summed E-state index contributed by atoms with van der Waals surface area (Å²) in [5.74, 6) is -0.241. The molecule has 1 saturated heterocycles. The molecule has 0 radical (unpaired) electrons. The third kappa shape index (κ3) is 5.38. The molecule has 3 rings (SSSR count). The summed E-state index contributed by atoms with van der Waals surface area (Å²) in [7, 11) is 0. The van der Waals surface area contributed by atoms with E-state index in [0.29, 0.717) is 35.2 Å². The SMILES string of the molecule is C=CCN(C(=O)CN1CCC[C@@H]1C(=O)Nc1ccc(Cl)cc1Cl)c1ccccc1. The van der Waals surface area contributed by atoms with E-state index in [2.05, 4.69) is 11.9 Å². The molecule has 1 heterocycles. The Kier molecular flexibility index (Phi) is 7.31. The highest BCUT2D eigenvalue weighted by atomic mass is 35.5. The summed E-state index contributed by atoms with van der Waals surface area (Å²) in [6, 6.07) is 14.0. The smallest absolute Gasteiger partial charge is 0.241 e. The van der Waals surface area contributed by atoms with E-state index in [1.54, 1.807) is 29.2 Å². The molecule has 2 aromatic rings. The minimum atomic E-state index is -0.382. The van der Waals surface area contributed by atoms with Gasteiger partial charge in [0.2, 0.25) is 11.8 Å². The fraction of sp³-hybridized carbons (Fsp3) is 0.273. The molecule has 1 atom stereocenters. The first kappa shape index (κ1) is 21.4. The molecule has 1 N–H and O–H groups in total. The van der Waals surface area contributed by atoms with Gasteiger partial charge in [-0.25, -0.2) is 0 Å². The van der Waals surface area contributed by atoms with Crippen LogP contribution in [0.1, 0.15) is 12.8 Å². The van der Waals surface area contributed by atoms with Crippen LogP contribution in [0.15, 0.2) is 61.2 Å². The van der Waals surface area contributed by atoms with E-state index >= 15 is 0 Å². The summed E-state index contributed by atoms with van der Waals surface area (Å²) < 4.78 is 0. The van der Waals surface area contributed by atoms with Gasteiger partial charge in [-0.15, -0.1) is 6.58 Å². The van der Waals surface area contributed by atoms with Gasteiger partial charge in [0.1, 0.15) is 0 Å². The van der Waals surface area contributed by atoms with E-state index in [0.717, 1.165) is 12.1 Å². The standard InChI is InChI=1S/C22H23Cl2N3O2/c1-2-12-27(17-7-4-3-5-8-17)21(28)15-26-13-6-9-20(26)22(29)25-19-11-10-16(23)14-18(19)24/h2-5,7-8,10-11,14,20H,1,6,9,12-13,15H2,(H,25,29)/t20-/m1/s1. The number of amides is 2. The van der Waals surface area contributed by atoms with Gasteiger partial charge in [0, 0.05) is 17.3 Å². The van der Waals surface area contributed by atoms with Crippen molar-refractivity contribution < 1.29 is 9.59 Å². The van der Waals surface area contributed by atoms with Gasteiger partial charge in [-0.2, -0.15) is 0 Å². The van der Waals surface area contributed by atoms with E-state index in [-0.39, 0.29) is 24.4 Å². The fourth-order valence-corrected chi connectivity index (χ4v) is 3.92. The number of rotatable bonds is 7. The first-order valence-electron chi connectivity index (χ1n) is 9.46. The third-order valence-corrected chi connectivity index (χ3v) is 5.42. The molecule has 1 aliphatic heterocycles. The molecule has 0 aliphatic carbocycles. The largest absolute Gasteiger partial charge is 0.323 e. The molecular weight excluding hydrogens is 409 g/mol. The van der Waals surface area contributed by atoms with Crippen LogP contribution in [0.3, 0.4) is 0 Å². The summed E-state index contributed by atoms with van der Waals surface area (Å²) >= 11 is 12.1. The van der Waals surface area contributed by atoms with Gasteiger partial charge >= 0.3 is 0 Å². The summed E-state index contributed by atoms with van der Waals surface area (Å²) in [5.41, 5.74) is 1.32. The quantitative estimate of drug-likeness (QED) is 0.650. The van der Waals surface area contributed by atoms with Crippen LogP contribution in [0.5, 0.6) is 0 Å². The lowest BCUT2D eigenvalue weighted by Gasteiger charge is -2.27. The molecule has 0 spiro atoms. The fourth-order valence-electron chi connectivity index (χ4n) is 3.47. The molecule has 29 heavy (non-hydrogen) atoms. The van der Waals surface area contributed by atoms with Crippen LogP contribution >= 0.6 is 23.2 Å². The first-order valence-corrected chi connectivity index (χ1v) is 10.2. The van der Waals surface area contributed by atoms with Crippen molar-refractivity contribution in [3.63, 3.8) is 0 Å². The average Bonchev–Trinajstić information content (AvgIpc) is 3.17. The summed E-state index contributed by atoms with van der Waals surface area (Å²) in [6.45, 7) is 5.01. The van der Waals surface area contributed by atoms with Gasteiger partial charge in [0.25, 0.3) is 0 Å². The monoisotopic (exact) mass is 431 g/mol. The number of nitrogens with zero attached hydrogens (tertiary/aromatic N) is 2. The Morgan fingerprint density at radius 2 is 1.97 bits per heavy atom. The van der Waals surface area contributed by atoms with Crippen molar-refractivity contribution in [3.05, 3.63) is 71.2 Å². The molecule has 2 amide bonds. The molecular formula is C22H23Cl2N3O2. The van der Waals surface area contributed by atoms with Crippen molar-refractivity contribution in [2.75, 3.05) is 29.9 Å². The number of anilines is 2. The maximum absolute atomic E-state index is 13.0. The lowest BCUT2D eigenvalue weighted by Crippen LogP contribution is -2.46. The number of carbonyl (C=O) groups is 2. The van der Waals surface area contributed by atoms with Crippen LogP contribution in [0.2, 0.25) is 10.0 Å². The summed E-state index contributed by atoms with van der Waals surface area (Å²) in [4.78, 5) is 29.4. The lowest BCUT2D eigenvalue weighted by molar-refractivity contribution is -0.123. The van der Waals surface area contributed by atoms with Crippen LogP contribution in [0.25, 0.3) is 0 Å². The summed E-state index contributed by atoms with van der Waals surface area (Å²) in [5, 5.41) is 3.74. The zero-order valence-corrected chi connectivity index (χ0v) is 17.5. The predicted molar refractivity (Wildman–Crippen MR) is 119 cm³/mol. The number of nitrogens with one attached hydrogen (secondary N) is 1. The van der Waals surface area contributed by atoms with Gasteiger partial charge < -0.3 is 10.2 Å². The number of hydrogen-bond acceptors (Lipinski definition) is 3. The normalized spacial score (nSPS) is 16.4. The first-order chi connectivity index (χ1) is 14.0. The molecule has 152 valence electrons. The number of likely N-dealkylation sites (tertiary alicyclic amines) is 1. The molecule has 0 bridgehead atoms. The van der Waals surface area contributed by atoms with Crippen molar-refractivity contribution in [1.29, 1.82) is 0 Å². The van der Waals surface area contributed by atoms with Crippen LogP contribution < -0.4 is 10.2 Å². The van der Waals surface area contributed by atoms with Crippen molar-refractivity contribution in [2.45, 2.75) is 18.9 Å². The van der Waals surface area contributed by atoms with Crippen molar-refractivity contribution in [3.8, 4) is 0 Å². The maximum Gasteiger partial charge on any atom is 0.241 e. The minimum absolute atomic E-state index is 0.0691. The minimum Gasteiger partial charge on any atom is -0.323 e. The van der Waals surface area contributed by atoms with E-state index in [4.69, 9.17) is 23.2 Å². The van der Waals surface area contributed by atoms with Crippen molar-refractivity contribution in [1.82, 2.24) is 4.90 Å². The Hall–Kier alpha value is -2.34. The Morgan fingerprint density at radius 1 is 1.21 bits per heavy atom. The highest BCUT2D eigenvalue weighted by Gasteiger charge is 2.33. The molecule has 1 fully saturated rings. The Balaban J connectivity index is 1.68. The third-order valence-electron chi connectivity index (χ3n) is 4.87. The van der Waals surface area contributed by atoms with Crippen LogP contribution in [0.4, 0.5) is 11.4 Å². The van der Waals surface area contributed by atoms with Gasteiger partial charge in [-0.3, -0.25) is 14.5 Å². The van der Waals surface area contributed by atoms with E-state index in [1.165, 1.54) is 0 Å². The van der Waals surface area contributed by atoms with Gasteiger partial charge in [0.05, 0.1) is 23.3 Å². The number of carbonyl (C=O) groups excluding carboxylic acids is 2. The van der Waals surface area contributed by atoms with Gasteiger partial charge in [-0.1, -0.05) is 47.5 Å². The van der Waals surface area contributed by atoms with E-state index in [1.807, 2.05) is 35.2 Å². The lowest BCUT2D eigenvalue weighted by atomic mass is 10.2.